The van der Waals surface area contributed by atoms with Gasteiger partial charge in [-0.3, -0.25) is 28.8 Å². The van der Waals surface area contributed by atoms with Crippen LogP contribution in [0.3, 0.4) is 0 Å². The summed E-state index contributed by atoms with van der Waals surface area (Å²) in [6.07, 6.45) is 5.75. The number of hydrogen-bond donors (Lipinski definition) is 6. The standard InChI is InChI=1S/C54H66N8O6.ClH/c1-33(55-3)49(63)57-43(53(67)61-31-17-29-45(61)51(65)59-47-39-23-13-9-19-35(39)36-20-10-14-24-40(36)47)27-7-5-6-8-28-44(58-50(64)34(2)56-4)54(68)62-32-18-30-46(62)52(66)60-48-41-25-15-11-21-37(41)38-22-12-16-26-42(38)48;/h9-16,19-26,33-34,43-48,55-56H,5-8,17-18,27-32H2,1-4H3,(H,57,63)(H,58,64)(H,59,65)(H,60,66);1H/t33-,34-,43-,44-,45-,46-;/m0./s1. The molecule has 2 heterocycles. The predicted molar refractivity (Wildman–Crippen MR) is 269 cm³/mol. The van der Waals surface area contributed by atoms with E-state index in [2.05, 4.69) is 56.2 Å². The number of carbonyl (C=O) groups excluding carboxylic acids is 6. The molecule has 0 saturated carbocycles. The number of likely N-dealkylation sites (N-methyl/N-ethyl adjacent to an activating group) is 2. The minimum absolute atomic E-state index is 0. The number of unbranched alkanes of at least 4 members (excludes halogenated alkanes) is 3. The lowest BCUT2D eigenvalue weighted by Gasteiger charge is -2.30. The molecule has 6 N–H and O–H groups in total. The fourth-order valence-electron chi connectivity index (χ4n) is 10.5. The maximum atomic E-state index is 14.4. The first-order valence-corrected chi connectivity index (χ1v) is 24.5. The summed E-state index contributed by atoms with van der Waals surface area (Å²) in [6.45, 7) is 4.30. The molecular weight excluding hydrogens is 892 g/mol. The van der Waals surface area contributed by atoms with Gasteiger partial charge < -0.3 is 41.7 Å². The molecule has 0 unspecified atom stereocenters. The van der Waals surface area contributed by atoms with E-state index in [1.165, 1.54) is 0 Å². The second-order valence-corrected chi connectivity index (χ2v) is 18.7. The van der Waals surface area contributed by atoms with Crippen molar-refractivity contribution in [3.8, 4) is 22.3 Å². The van der Waals surface area contributed by atoms with Crippen molar-refractivity contribution in [1.29, 1.82) is 0 Å². The SMILES string of the molecule is CN[C@@H](C)C(=O)N[C@@H](CCCCCC[C@H](NC(=O)[C@H](C)NC)C(=O)N1CCC[C@H]1C(=O)NC1c2ccccc2-c2ccccc21)C(=O)N1CCC[C@H]1C(=O)NC1c2ccccc2-c2ccccc21.Cl. The van der Waals surface area contributed by atoms with Crippen molar-refractivity contribution in [2.75, 3.05) is 27.2 Å². The molecule has 4 aromatic carbocycles. The predicted octanol–water partition coefficient (Wildman–Crippen LogP) is 5.69. The maximum Gasteiger partial charge on any atom is 0.245 e. The summed E-state index contributed by atoms with van der Waals surface area (Å²) in [7, 11) is 3.38. The van der Waals surface area contributed by atoms with Gasteiger partial charge >= 0.3 is 0 Å². The van der Waals surface area contributed by atoms with Crippen LogP contribution in [0.1, 0.15) is 112 Å². The van der Waals surface area contributed by atoms with Gasteiger partial charge in [0.2, 0.25) is 35.4 Å². The zero-order chi connectivity index (χ0) is 47.9. The first-order valence-electron chi connectivity index (χ1n) is 24.5. The van der Waals surface area contributed by atoms with Crippen molar-refractivity contribution >= 4 is 47.9 Å². The van der Waals surface area contributed by atoms with Crippen LogP contribution in [0, 0.1) is 0 Å². The van der Waals surface area contributed by atoms with E-state index in [9.17, 15) is 28.8 Å². The molecule has 2 saturated heterocycles. The number of benzene rings is 4. The lowest BCUT2D eigenvalue weighted by Crippen LogP contribution is -2.55. The largest absolute Gasteiger partial charge is 0.343 e. The number of carbonyl (C=O) groups is 6. The van der Waals surface area contributed by atoms with Gasteiger partial charge in [0.05, 0.1) is 24.2 Å². The van der Waals surface area contributed by atoms with Gasteiger partial charge in [-0.2, -0.15) is 0 Å². The Kier molecular flexibility index (Phi) is 16.9. The number of fused-ring (bicyclic) bond motifs is 6. The molecule has 0 aromatic heterocycles. The van der Waals surface area contributed by atoms with Crippen LogP contribution in [-0.4, -0.2) is 109 Å². The Balaban J connectivity index is 0.00000703. The lowest BCUT2D eigenvalue weighted by atomic mass is 10.0. The zero-order valence-electron chi connectivity index (χ0n) is 40.1. The van der Waals surface area contributed by atoms with Crippen molar-refractivity contribution in [2.45, 2.75) is 126 Å². The molecule has 15 heteroatoms. The highest BCUT2D eigenvalue weighted by molar-refractivity contribution is 5.95. The van der Waals surface area contributed by atoms with Crippen LogP contribution in [0.25, 0.3) is 22.3 Å². The van der Waals surface area contributed by atoms with E-state index in [1.54, 1.807) is 37.7 Å². The van der Waals surface area contributed by atoms with Crippen LogP contribution in [0.15, 0.2) is 97.1 Å². The molecule has 14 nitrogen and oxygen atoms in total. The third-order valence-corrected chi connectivity index (χ3v) is 14.5. The number of nitrogens with zero attached hydrogens (tertiary/aromatic N) is 2. The molecule has 69 heavy (non-hydrogen) atoms. The van der Waals surface area contributed by atoms with Gasteiger partial charge in [0, 0.05) is 13.1 Å². The Morgan fingerprint density at radius 1 is 0.507 bits per heavy atom. The molecule has 2 fully saturated rings. The van der Waals surface area contributed by atoms with Crippen molar-refractivity contribution in [2.24, 2.45) is 0 Å². The topological polar surface area (TPSA) is 181 Å². The van der Waals surface area contributed by atoms with Crippen LogP contribution in [-0.2, 0) is 28.8 Å². The first kappa shape index (κ1) is 50.8. The highest BCUT2D eigenvalue weighted by Crippen LogP contribution is 2.44. The monoisotopic (exact) mass is 958 g/mol. The maximum absolute atomic E-state index is 14.4. The summed E-state index contributed by atoms with van der Waals surface area (Å²) < 4.78 is 0. The minimum Gasteiger partial charge on any atom is -0.343 e. The number of halogens is 1. The summed E-state index contributed by atoms with van der Waals surface area (Å²) in [4.78, 5) is 86.8. The molecular formula is C54H67ClN8O6. The van der Waals surface area contributed by atoms with Gasteiger partial charge in [-0.05, 0) is 111 Å². The van der Waals surface area contributed by atoms with Gasteiger partial charge in [0.25, 0.3) is 0 Å². The summed E-state index contributed by atoms with van der Waals surface area (Å²) in [5.74, 6) is -1.58. The van der Waals surface area contributed by atoms with Crippen molar-refractivity contribution < 1.29 is 28.8 Å². The van der Waals surface area contributed by atoms with E-state index >= 15 is 0 Å². The zero-order valence-corrected chi connectivity index (χ0v) is 40.9. The Morgan fingerprint density at radius 3 is 1.14 bits per heavy atom. The molecule has 8 rings (SSSR count). The van der Waals surface area contributed by atoms with Crippen LogP contribution < -0.4 is 31.9 Å². The summed E-state index contributed by atoms with van der Waals surface area (Å²) in [6, 6.07) is 27.5. The van der Waals surface area contributed by atoms with E-state index in [-0.39, 0.29) is 59.9 Å². The Hall–Kier alpha value is -6.09. The van der Waals surface area contributed by atoms with Crippen LogP contribution >= 0.6 is 12.4 Å². The summed E-state index contributed by atoms with van der Waals surface area (Å²) >= 11 is 0. The molecule has 6 atom stereocenters. The molecule has 6 amide bonds. The fourth-order valence-corrected chi connectivity index (χ4v) is 10.5. The third kappa shape index (κ3) is 10.9. The molecule has 0 spiro atoms. The molecule has 4 aliphatic rings. The van der Waals surface area contributed by atoms with Gasteiger partial charge in [0.1, 0.15) is 24.2 Å². The Morgan fingerprint density at radius 2 is 0.826 bits per heavy atom. The van der Waals surface area contributed by atoms with E-state index in [4.69, 9.17) is 0 Å². The average molecular weight is 960 g/mol. The fraction of sp³-hybridized carbons (Fsp3) is 0.444. The number of likely N-dealkylation sites (tertiary alicyclic amines) is 2. The van der Waals surface area contributed by atoms with E-state index in [1.807, 2.05) is 72.8 Å². The summed E-state index contributed by atoms with van der Waals surface area (Å²) in [5, 5.41) is 18.4. The third-order valence-electron chi connectivity index (χ3n) is 14.5. The molecule has 0 radical (unpaired) electrons. The highest BCUT2D eigenvalue weighted by Gasteiger charge is 2.42. The molecule has 2 aliphatic heterocycles. The van der Waals surface area contributed by atoms with Gasteiger partial charge in [-0.25, -0.2) is 0 Å². The number of hydrogen-bond acceptors (Lipinski definition) is 8. The second kappa shape index (κ2) is 23.0. The molecule has 2 aliphatic carbocycles. The first-order chi connectivity index (χ1) is 33.0. The number of amides is 6. The quantitative estimate of drug-likeness (QED) is 0.0649. The normalized spacial score (nSPS) is 18.7. The Labute approximate surface area is 411 Å². The van der Waals surface area contributed by atoms with Gasteiger partial charge in [0.15, 0.2) is 0 Å². The van der Waals surface area contributed by atoms with Crippen molar-refractivity contribution in [3.63, 3.8) is 0 Å². The molecule has 0 bridgehead atoms. The molecule has 366 valence electrons. The number of rotatable bonds is 19. The van der Waals surface area contributed by atoms with E-state index in [0.29, 0.717) is 77.3 Å². The van der Waals surface area contributed by atoms with E-state index < -0.39 is 36.3 Å². The number of nitrogens with one attached hydrogen (secondary N) is 6. The van der Waals surface area contributed by atoms with Crippen LogP contribution in [0.5, 0.6) is 0 Å². The van der Waals surface area contributed by atoms with Crippen LogP contribution in [0.2, 0.25) is 0 Å². The second-order valence-electron chi connectivity index (χ2n) is 18.7. The highest BCUT2D eigenvalue weighted by atomic mass is 35.5. The lowest BCUT2D eigenvalue weighted by molar-refractivity contribution is -0.142. The summed E-state index contributed by atoms with van der Waals surface area (Å²) in [5.41, 5.74) is 8.44. The Bertz CT molecular complexity index is 2260. The average Bonchev–Trinajstić information content (AvgIpc) is 4.18. The smallest absolute Gasteiger partial charge is 0.245 e. The van der Waals surface area contributed by atoms with Crippen LogP contribution in [0.4, 0.5) is 0 Å². The van der Waals surface area contributed by atoms with Crippen molar-refractivity contribution in [1.82, 2.24) is 41.7 Å². The van der Waals surface area contributed by atoms with Gasteiger partial charge in [-0.1, -0.05) is 123 Å². The molecule has 4 aromatic rings. The van der Waals surface area contributed by atoms with Crippen molar-refractivity contribution in [3.05, 3.63) is 119 Å². The van der Waals surface area contributed by atoms with E-state index in [0.717, 1.165) is 44.5 Å². The minimum atomic E-state index is -0.833. The van der Waals surface area contributed by atoms with Gasteiger partial charge in [-0.15, -0.1) is 12.4 Å².